The van der Waals surface area contributed by atoms with Crippen LogP contribution in [0.15, 0.2) is 18.2 Å². The van der Waals surface area contributed by atoms with Crippen LogP contribution >= 0.6 is 0 Å². The van der Waals surface area contributed by atoms with Crippen molar-refractivity contribution >= 4 is 11.4 Å². The van der Waals surface area contributed by atoms with Gasteiger partial charge in [0.05, 0.1) is 11.8 Å². The van der Waals surface area contributed by atoms with Crippen LogP contribution in [0.5, 0.6) is 5.75 Å². The fraction of sp³-hybridized carbons (Fsp3) is 0.250. The molecule has 1 rings (SSSR count). The second-order valence-corrected chi connectivity index (χ2v) is 2.67. The van der Waals surface area contributed by atoms with Gasteiger partial charge in [-0.1, -0.05) is 0 Å². The molecule has 0 aliphatic rings. The molecule has 0 fully saturated rings. The zero-order valence-corrected chi connectivity index (χ0v) is 13.0. The summed E-state index contributed by atoms with van der Waals surface area (Å²) in [4.78, 5) is 4.73. The Hall–Kier alpha value is -0.557. The largest absolute Gasteiger partial charge is 1.00 e. The standard InChI is InChI=1S/C8H9N3O.2ClH.Zn/c1-11(2)7-4-3-6(10-9)5-8(7)12;;;/h3-5H,1-2H3;2*1H;/p-1. The molecule has 0 bridgehead atoms. The third-order valence-corrected chi connectivity index (χ3v) is 1.56. The Balaban J connectivity index is -0.000000480. The summed E-state index contributed by atoms with van der Waals surface area (Å²) in [6.45, 7) is 0. The smallest absolute Gasteiger partial charge is 0.388 e. The van der Waals surface area contributed by atoms with Crippen LogP contribution in [0.2, 0.25) is 0 Å². The molecule has 7 heteroatoms. The molecule has 1 N–H and O–H groups in total. The number of nitrogens with zero attached hydrogens (tertiary/aromatic N) is 3. The van der Waals surface area contributed by atoms with Gasteiger partial charge in [-0.2, -0.15) is 0 Å². The first kappa shape index (κ1) is 19.9. The number of diazo groups is 1. The number of anilines is 1. The number of rotatable bonds is 1. The van der Waals surface area contributed by atoms with Crippen molar-refractivity contribution in [2.24, 2.45) is 0 Å². The van der Waals surface area contributed by atoms with Crippen molar-refractivity contribution in [3.05, 3.63) is 23.2 Å². The topological polar surface area (TPSA) is 51.6 Å². The van der Waals surface area contributed by atoms with Crippen LogP contribution in [-0.2, 0) is 19.5 Å². The quantitative estimate of drug-likeness (QED) is 0.424. The Morgan fingerprint density at radius 2 is 1.80 bits per heavy atom. The summed E-state index contributed by atoms with van der Waals surface area (Å²) in [5.41, 5.74) is 1.04. The van der Waals surface area contributed by atoms with Crippen LogP contribution in [0.1, 0.15) is 0 Å². The first-order chi connectivity index (χ1) is 5.65. The normalized spacial score (nSPS) is 7.27. The Morgan fingerprint density at radius 1 is 1.27 bits per heavy atom. The van der Waals surface area contributed by atoms with E-state index in [0.717, 1.165) is 0 Å². The van der Waals surface area contributed by atoms with Crippen molar-refractivity contribution in [2.75, 3.05) is 19.0 Å². The first-order valence-electron chi connectivity index (χ1n) is 3.50. The number of phenols is 1. The molecular weight excluding hydrogens is 290 g/mol. The zero-order chi connectivity index (χ0) is 9.14. The van der Waals surface area contributed by atoms with Crippen LogP contribution in [0, 0.1) is 5.39 Å². The minimum Gasteiger partial charge on any atom is -1.00 e. The SMILES string of the molecule is CN(C)c1ccc([N+]#N)cc1O.[Cl-].[Cl-].[Zn]. The van der Waals surface area contributed by atoms with E-state index >= 15 is 0 Å². The molecule has 0 amide bonds. The van der Waals surface area contributed by atoms with Crippen molar-refractivity contribution in [3.8, 4) is 5.75 Å². The van der Waals surface area contributed by atoms with E-state index in [1.54, 1.807) is 17.0 Å². The van der Waals surface area contributed by atoms with E-state index in [1.807, 2.05) is 14.1 Å². The third-order valence-electron chi connectivity index (χ3n) is 1.56. The maximum atomic E-state index is 9.38. The van der Waals surface area contributed by atoms with E-state index in [2.05, 4.69) is 4.98 Å². The van der Waals surface area contributed by atoms with Crippen molar-refractivity contribution in [1.29, 1.82) is 5.39 Å². The molecule has 0 radical (unpaired) electrons. The van der Waals surface area contributed by atoms with E-state index in [9.17, 15) is 5.11 Å². The molecule has 0 aliphatic heterocycles. The molecule has 0 spiro atoms. The molecule has 0 saturated carbocycles. The molecule has 0 aliphatic carbocycles. The van der Waals surface area contributed by atoms with Crippen LogP contribution < -0.4 is 29.7 Å². The van der Waals surface area contributed by atoms with Gasteiger partial charge in [0.25, 0.3) is 0 Å². The van der Waals surface area contributed by atoms with Gasteiger partial charge in [-0.05, 0) is 6.07 Å². The Morgan fingerprint density at radius 3 is 2.13 bits per heavy atom. The predicted octanol–water partition coefficient (Wildman–Crippen LogP) is -4.05. The average molecular weight is 300 g/mol. The van der Waals surface area contributed by atoms with Gasteiger partial charge >= 0.3 is 5.69 Å². The van der Waals surface area contributed by atoms with Crippen LogP contribution in [0.25, 0.3) is 4.98 Å². The summed E-state index contributed by atoms with van der Waals surface area (Å²) < 4.78 is 0. The van der Waals surface area contributed by atoms with E-state index in [-0.39, 0.29) is 50.0 Å². The van der Waals surface area contributed by atoms with Crippen LogP contribution in [0.4, 0.5) is 11.4 Å². The Bertz CT molecular complexity index is 341. The number of aromatic hydroxyl groups is 1. The molecular formula is C8H10Cl2N3OZn-. The average Bonchev–Trinajstić information content (AvgIpc) is 2.03. The van der Waals surface area contributed by atoms with Crippen molar-refractivity contribution < 1.29 is 49.4 Å². The summed E-state index contributed by atoms with van der Waals surface area (Å²) in [5, 5.41) is 17.8. The van der Waals surface area contributed by atoms with Gasteiger partial charge in [0, 0.05) is 39.6 Å². The summed E-state index contributed by atoms with van der Waals surface area (Å²) in [6, 6.07) is 4.70. The summed E-state index contributed by atoms with van der Waals surface area (Å²) in [6.07, 6.45) is 0. The fourth-order valence-electron chi connectivity index (χ4n) is 0.952. The number of phenolic OH excluding ortho intramolecular Hbond substituents is 1. The number of halogens is 2. The van der Waals surface area contributed by atoms with Crippen molar-refractivity contribution in [1.82, 2.24) is 0 Å². The van der Waals surface area contributed by atoms with Gasteiger partial charge in [0.2, 0.25) is 5.39 Å². The summed E-state index contributed by atoms with van der Waals surface area (Å²) >= 11 is 0. The van der Waals surface area contributed by atoms with Crippen LogP contribution in [-0.4, -0.2) is 19.2 Å². The van der Waals surface area contributed by atoms with Crippen LogP contribution in [0.3, 0.4) is 0 Å². The Labute approximate surface area is 114 Å². The molecule has 0 saturated heterocycles. The van der Waals surface area contributed by atoms with E-state index < -0.39 is 0 Å². The molecule has 1 aromatic rings. The van der Waals surface area contributed by atoms with E-state index in [4.69, 9.17) is 5.39 Å². The number of benzene rings is 1. The minimum atomic E-state index is 0. The predicted molar refractivity (Wildman–Crippen MR) is 47.2 cm³/mol. The minimum absolute atomic E-state index is 0. The number of hydrogen-bond donors (Lipinski definition) is 1. The molecule has 15 heavy (non-hydrogen) atoms. The molecule has 0 aromatic heterocycles. The number of hydrogen-bond acceptors (Lipinski definition) is 3. The second-order valence-electron chi connectivity index (χ2n) is 2.67. The van der Waals surface area contributed by atoms with Gasteiger partial charge in [0.15, 0.2) is 4.98 Å². The molecule has 4 nitrogen and oxygen atoms in total. The maximum Gasteiger partial charge on any atom is 0.388 e. The molecule has 80 valence electrons. The maximum absolute atomic E-state index is 9.38. The second kappa shape index (κ2) is 8.73. The first-order valence-corrected chi connectivity index (χ1v) is 3.50. The van der Waals surface area contributed by atoms with E-state index in [1.165, 1.54) is 6.07 Å². The van der Waals surface area contributed by atoms with E-state index in [0.29, 0.717) is 11.4 Å². The summed E-state index contributed by atoms with van der Waals surface area (Å²) in [5.74, 6) is 0.107. The third kappa shape index (κ3) is 5.18. The van der Waals surface area contributed by atoms with Gasteiger partial charge in [0.1, 0.15) is 5.75 Å². The Kier molecular flexibility index (Phi) is 11.6. The zero-order valence-electron chi connectivity index (χ0n) is 8.48. The molecule has 0 atom stereocenters. The molecule has 1 aromatic carbocycles. The van der Waals surface area contributed by atoms with Gasteiger partial charge in [-0.15, -0.1) is 0 Å². The van der Waals surface area contributed by atoms with Gasteiger partial charge in [-0.3, -0.25) is 0 Å². The van der Waals surface area contributed by atoms with Crippen molar-refractivity contribution in [2.45, 2.75) is 0 Å². The molecule has 0 unspecified atom stereocenters. The molecule has 0 heterocycles. The van der Waals surface area contributed by atoms with Gasteiger partial charge < -0.3 is 34.8 Å². The monoisotopic (exact) mass is 298 g/mol. The van der Waals surface area contributed by atoms with Crippen molar-refractivity contribution in [3.63, 3.8) is 0 Å². The summed E-state index contributed by atoms with van der Waals surface area (Å²) in [7, 11) is 3.65. The van der Waals surface area contributed by atoms with Gasteiger partial charge in [-0.25, -0.2) is 0 Å². The fourth-order valence-corrected chi connectivity index (χ4v) is 0.952.